The summed E-state index contributed by atoms with van der Waals surface area (Å²) < 4.78 is 5.31. The third kappa shape index (κ3) is 1.76. The van der Waals surface area contributed by atoms with Gasteiger partial charge in [-0.15, -0.1) is 0 Å². The number of amides is 1. The minimum atomic E-state index is -0.815. The quantitative estimate of drug-likeness (QED) is 0.563. The number of carboxylic acid groups (broad SMARTS) is 1. The fraction of sp³-hybridized carbons (Fsp3) is 0.875. The molecule has 1 N–H and O–H groups in total. The highest BCUT2D eigenvalue weighted by atomic mass is 16.5. The predicted octanol–water partition coefficient (Wildman–Crippen LogP) is -0.319. The Bertz CT molecular complexity index is 210. The van der Waals surface area contributed by atoms with E-state index in [1.807, 2.05) is 0 Å². The van der Waals surface area contributed by atoms with Gasteiger partial charge in [0.05, 0.1) is 19.3 Å². The highest BCUT2D eigenvalue weighted by Gasteiger charge is 2.31. The van der Waals surface area contributed by atoms with E-state index in [2.05, 4.69) is 4.90 Å². The van der Waals surface area contributed by atoms with Crippen LogP contribution in [0.5, 0.6) is 0 Å². The van der Waals surface area contributed by atoms with E-state index in [-0.39, 0.29) is 6.04 Å². The van der Waals surface area contributed by atoms with Gasteiger partial charge in [0, 0.05) is 26.2 Å². The Morgan fingerprint density at radius 1 is 1.38 bits per heavy atom. The van der Waals surface area contributed by atoms with Crippen LogP contribution in [0.15, 0.2) is 0 Å². The van der Waals surface area contributed by atoms with Crippen LogP contribution in [0.2, 0.25) is 0 Å². The van der Waals surface area contributed by atoms with Gasteiger partial charge in [-0.3, -0.25) is 4.90 Å². The molecule has 74 valence electrons. The molecule has 0 aromatic rings. The molecule has 1 amide bonds. The van der Waals surface area contributed by atoms with Gasteiger partial charge in [-0.05, 0) is 0 Å². The zero-order valence-corrected chi connectivity index (χ0v) is 7.48. The van der Waals surface area contributed by atoms with Gasteiger partial charge >= 0.3 is 6.09 Å². The lowest BCUT2D eigenvalue weighted by molar-refractivity contribution is -0.0401. The molecule has 0 spiro atoms. The lowest BCUT2D eigenvalue weighted by Gasteiger charge is -2.42. The molecular formula is C8H14N2O3. The fourth-order valence-corrected chi connectivity index (χ4v) is 1.92. The smallest absolute Gasteiger partial charge is 0.407 e. The van der Waals surface area contributed by atoms with Crippen LogP contribution in [0.1, 0.15) is 0 Å². The van der Waals surface area contributed by atoms with E-state index in [0.717, 1.165) is 19.7 Å². The summed E-state index contributed by atoms with van der Waals surface area (Å²) >= 11 is 0. The van der Waals surface area contributed by atoms with E-state index in [1.165, 1.54) is 4.90 Å². The van der Waals surface area contributed by atoms with Crippen LogP contribution < -0.4 is 0 Å². The SMILES string of the molecule is O=C(O)N1CCN2CCOC[C@@H]2C1. The second-order valence-corrected chi connectivity index (χ2v) is 3.49. The molecule has 2 saturated heterocycles. The van der Waals surface area contributed by atoms with Gasteiger partial charge in [-0.2, -0.15) is 0 Å². The summed E-state index contributed by atoms with van der Waals surface area (Å²) in [4.78, 5) is 14.5. The van der Waals surface area contributed by atoms with Gasteiger partial charge in [0.25, 0.3) is 0 Å². The average molecular weight is 186 g/mol. The van der Waals surface area contributed by atoms with Crippen LogP contribution in [0.3, 0.4) is 0 Å². The molecule has 0 bridgehead atoms. The van der Waals surface area contributed by atoms with Crippen molar-refractivity contribution in [1.82, 2.24) is 9.80 Å². The van der Waals surface area contributed by atoms with Gasteiger partial charge in [-0.1, -0.05) is 0 Å². The van der Waals surface area contributed by atoms with E-state index >= 15 is 0 Å². The molecule has 1 atom stereocenters. The number of hydrogen-bond acceptors (Lipinski definition) is 3. The van der Waals surface area contributed by atoms with Crippen molar-refractivity contribution in [2.75, 3.05) is 39.4 Å². The molecule has 2 heterocycles. The standard InChI is InChI=1S/C8H14N2O3/c11-8(12)10-2-1-9-3-4-13-6-7(9)5-10/h7H,1-6H2,(H,11,12)/t7-/m0/s1. The largest absolute Gasteiger partial charge is 0.465 e. The number of ether oxygens (including phenoxy) is 1. The highest BCUT2D eigenvalue weighted by molar-refractivity contribution is 5.65. The lowest BCUT2D eigenvalue weighted by Crippen LogP contribution is -2.58. The van der Waals surface area contributed by atoms with Crippen LogP contribution >= 0.6 is 0 Å². The van der Waals surface area contributed by atoms with Gasteiger partial charge in [0.15, 0.2) is 0 Å². The minimum Gasteiger partial charge on any atom is -0.465 e. The molecule has 0 radical (unpaired) electrons. The van der Waals surface area contributed by atoms with Crippen molar-refractivity contribution in [2.45, 2.75) is 6.04 Å². The normalized spacial score (nSPS) is 29.8. The van der Waals surface area contributed by atoms with Crippen molar-refractivity contribution in [2.24, 2.45) is 0 Å². The summed E-state index contributed by atoms with van der Waals surface area (Å²) in [5, 5.41) is 8.80. The summed E-state index contributed by atoms with van der Waals surface area (Å²) in [6, 6.07) is 0.276. The third-order valence-electron chi connectivity index (χ3n) is 2.71. The maximum absolute atomic E-state index is 10.7. The monoisotopic (exact) mass is 186 g/mol. The number of carbonyl (C=O) groups is 1. The Hall–Kier alpha value is -0.810. The summed E-state index contributed by atoms with van der Waals surface area (Å²) in [6.07, 6.45) is -0.815. The van der Waals surface area contributed by atoms with Gasteiger partial charge < -0.3 is 14.7 Å². The Kier molecular flexibility index (Phi) is 2.37. The number of fused-ring (bicyclic) bond motifs is 1. The molecular weight excluding hydrogens is 172 g/mol. The number of piperazine rings is 1. The molecule has 0 unspecified atom stereocenters. The third-order valence-corrected chi connectivity index (χ3v) is 2.71. The highest BCUT2D eigenvalue weighted by Crippen LogP contribution is 2.13. The Labute approximate surface area is 76.9 Å². The molecule has 5 nitrogen and oxygen atoms in total. The van der Waals surface area contributed by atoms with Crippen LogP contribution in [-0.2, 0) is 4.74 Å². The van der Waals surface area contributed by atoms with Gasteiger partial charge in [0.1, 0.15) is 0 Å². The molecule has 2 aliphatic heterocycles. The van der Waals surface area contributed by atoms with E-state index in [1.54, 1.807) is 0 Å². The van der Waals surface area contributed by atoms with E-state index in [0.29, 0.717) is 19.7 Å². The van der Waals surface area contributed by atoms with E-state index in [4.69, 9.17) is 9.84 Å². The molecule has 0 saturated carbocycles. The van der Waals surface area contributed by atoms with Crippen molar-refractivity contribution in [3.8, 4) is 0 Å². The molecule has 2 fully saturated rings. The molecule has 2 rings (SSSR count). The van der Waals surface area contributed by atoms with Crippen molar-refractivity contribution < 1.29 is 14.6 Å². The van der Waals surface area contributed by atoms with Crippen LogP contribution in [0, 0.1) is 0 Å². The predicted molar refractivity (Wildman–Crippen MR) is 45.8 cm³/mol. The number of morpholine rings is 1. The van der Waals surface area contributed by atoms with Crippen molar-refractivity contribution in [3.05, 3.63) is 0 Å². The second kappa shape index (κ2) is 3.51. The minimum absolute atomic E-state index is 0.276. The molecule has 0 aliphatic carbocycles. The topological polar surface area (TPSA) is 53.0 Å². The van der Waals surface area contributed by atoms with E-state index in [9.17, 15) is 4.79 Å². The first-order valence-corrected chi connectivity index (χ1v) is 4.57. The first-order chi connectivity index (χ1) is 6.27. The van der Waals surface area contributed by atoms with Gasteiger partial charge in [-0.25, -0.2) is 4.79 Å². The van der Waals surface area contributed by atoms with E-state index < -0.39 is 6.09 Å². The molecule has 2 aliphatic rings. The van der Waals surface area contributed by atoms with Crippen LogP contribution in [0.25, 0.3) is 0 Å². The molecule has 13 heavy (non-hydrogen) atoms. The first-order valence-electron chi connectivity index (χ1n) is 4.57. The Balaban J connectivity index is 1.95. The van der Waals surface area contributed by atoms with Crippen molar-refractivity contribution in [3.63, 3.8) is 0 Å². The Morgan fingerprint density at radius 3 is 3.00 bits per heavy atom. The number of rotatable bonds is 0. The number of nitrogens with zero attached hydrogens (tertiary/aromatic N) is 2. The zero-order chi connectivity index (χ0) is 9.26. The maximum Gasteiger partial charge on any atom is 0.407 e. The lowest BCUT2D eigenvalue weighted by atomic mass is 10.1. The van der Waals surface area contributed by atoms with Gasteiger partial charge in [0.2, 0.25) is 0 Å². The van der Waals surface area contributed by atoms with Crippen molar-refractivity contribution >= 4 is 6.09 Å². The molecule has 0 aromatic carbocycles. The van der Waals surface area contributed by atoms with Crippen molar-refractivity contribution in [1.29, 1.82) is 0 Å². The zero-order valence-electron chi connectivity index (χ0n) is 7.48. The molecule has 0 aromatic heterocycles. The summed E-state index contributed by atoms with van der Waals surface area (Å²) in [6.45, 7) is 4.47. The summed E-state index contributed by atoms with van der Waals surface area (Å²) in [5.74, 6) is 0. The first kappa shape index (κ1) is 8.77. The summed E-state index contributed by atoms with van der Waals surface area (Å²) in [7, 11) is 0. The maximum atomic E-state index is 10.7. The Morgan fingerprint density at radius 2 is 2.23 bits per heavy atom. The van der Waals surface area contributed by atoms with Crippen LogP contribution in [0.4, 0.5) is 4.79 Å². The molecule has 5 heteroatoms. The number of hydrogen-bond donors (Lipinski definition) is 1. The van der Waals surface area contributed by atoms with Crippen LogP contribution in [-0.4, -0.2) is 66.4 Å². The average Bonchev–Trinajstić information content (AvgIpc) is 2.17. The summed E-state index contributed by atoms with van der Waals surface area (Å²) in [5.41, 5.74) is 0. The fourth-order valence-electron chi connectivity index (χ4n) is 1.92. The second-order valence-electron chi connectivity index (χ2n) is 3.49.